The minimum absolute atomic E-state index is 0.00000181. The first-order valence-electron chi connectivity index (χ1n) is 11.1. The van der Waals surface area contributed by atoms with Gasteiger partial charge in [0.1, 0.15) is 5.82 Å². The lowest BCUT2D eigenvalue weighted by Crippen LogP contribution is -2.13. The summed E-state index contributed by atoms with van der Waals surface area (Å²) in [5, 5.41) is 18.4. The van der Waals surface area contributed by atoms with Crippen molar-refractivity contribution < 1.29 is 5.11 Å². The number of aliphatic hydroxyl groups excluding tert-OH is 1. The van der Waals surface area contributed by atoms with Gasteiger partial charge < -0.3 is 15.0 Å². The van der Waals surface area contributed by atoms with Crippen LogP contribution in [0.5, 0.6) is 0 Å². The zero-order valence-corrected chi connectivity index (χ0v) is 19.8. The van der Waals surface area contributed by atoms with Gasteiger partial charge in [-0.25, -0.2) is 9.97 Å². The molecule has 0 saturated heterocycles. The Morgan fingerprint density at radius 2 is 1.86 bits per heavy atom. The summed E-state index contributed by atoms with van der Waals surface area (Å²) in [6.07, 6.45) is 5.32. The second-order valence-electron chi connectivity index (χ2n) is 8.19. The molecule has 0 fully saturated rings. The van der Waals surface area contributed by atoms with Crippen molar-refractivity contribution in [1.29, 1.82) is 0 Å². The topological polar surface area (TPSA) is 97.9 Å². The van der Waals surface area contributed by atoms with Crippen molar-refractivity contribution in [3.63, 3.8) is 0 Å². The maximum Gasteiger partial charge on any atom is 0.250 e. The van der Waals surface area contributed by atoms with Gasteiger partial charge in [-0.2, -0.15) is 5.10 Å². The van der Waals surface area contributed by atoms with Crippen molar-refractivity contribution in [2.45, 2.75) is 13.1 Å². The number of aryl methyl sites for hydroxylation is 1. The van der Waals surface area contributed by atoms with Gasteiger partial charge in [0.05, 0.1) is 30.4 Å². The predicted molar refractivity (Wildman–Crippen MR) is 137 cm³/mol. The molecule has 0 aliphatic carbocycles. The third-order valence-electron chi connectivity index (χ3n) is 5.68. The molecule has 0 unspecified atom stereocenters. The number of nitrogens with zero attached hydrogens (tertiary/aromatic N) is 5. The van der Waals surface area contributed by atoms with E-state index in [1.165, 1.54) is 0 Å². The van der Waals surface area contributed by atoms with Crippen LogP contribution in [0, 0.1) is 0 Å². The molecular formula is C26H23ClN6O2. The fourth-order valence-corrected chi connectivity index (χ4v) is 4.09. The van der Waals surface area contributed by atoms with E-state index in [0.717, 1.165) is 33.2 Å². The Morgan fingerprint density at radius 3 is 2.66 bits per heavy atom. The molecule has 2 aromatic carbocycles. The summed E-state index contributed by atoms with van der Waals surface area (Å²) in [5.41, 5.74) is 4.36. The van der Waals surface area contributed by atoms with Crippen LogP contribution in [0.15, 0.2) is 78.0 Å². The van der Waals surface area contributed by atoms with Crippen LogP contribution >= 0.6 is 11.6 Å². The third-order valence-corrected chi connectivity index (χ3v) is 5.92. The average Bonchev–Trinajstić information content (AvgIpc) is 3.33. The van der Waals surface area contributed by atoms with E-state index in [-0.39, 0.29) is 12.2 Å². The van der Waals surface area contributed by atoms with Crippen molar-refractivity contribution in [3.8, 4) is 22.5 Å². The monoisotopic (exact) mass is 486 g/mol. The Hall–Kier alpha value is -4.01. The van der Waals surface area contributed by atoms with Crippen LogP contribution in [0.2, 0.25) is 5.02 Å². The summed E-state index contributed by atoms with van der Waals surface area (Å²) in [4.78, 5) is 21.4. The Balaban J connectivity index is 1.59. The fourth-order valence-electron chi connectivity index (χ4n) is 3.87. The highest BCUT2D eigenvalue weighted by atomic mass is 35.5. The summed E-state index contributed by atoms with van der Waals surface area (Å²) in [7, 11) is 1.73. The van der Waals surface area contributed by atoms with Gasteiger partial charge in [0, 0.05) is 42.5 Å². The predicted octanol–water partition coefficient (Wildman–Crippen LogP) is 4.12. The number of rotatable bonds is 7. The molecule has 3 aromatic heterocycles. The van der Waals surface area contributed by atoms with E-state index in [9.17, 15) is 9.90 Å². The Labute approximate surface area is 206 Å². The molecule has 35 heavy (non-hydrogen) atoms. The van der Waals surface area contributed by atoms with Crippen molar-refractivity contribution in [1.82, 2.24) is 24.3 Å². The van der Waals surface area contributed by atoms with Crippen molar-refractivity contribution >= 4 is 28.3 Å². The van der Waals surface area contributed by atoms with Crippen LogP contribution in [0.3, 0.4) is 0 Å². The molecule has 3 heterocycles. The molecule has 5 aromatic rings. The molecule has 0 aliphatic rings. The van der Waals surface area contributed by atoms with E-state index < -0.39 is 0 Å². The number of pyridine rings is 1. The molecule has 0 bridgehead atoms. The number of anilines is 1. The molecule has 0 atom stereocenters. The van der Waals surface area contributed by atoms with Crippen LogP contribution in [-0.2, 0) is 20.1 Å². The largest absolute Gasteiger partial charge is 0.394 e. The van der Waals surface area contributed by atoms with Crippen molar-refractivity contribution in [2.75, 3.05) is 11.9 Å². The van der Waals surface area contributed by atoms with Crippen LogP contribution < -0.4 is 10.9 Å². The highest BCUT2D eigenvalue weighted by molar-refractivity contribution is 6.30. The van der Waals surface area contributed by atoms with Gasteiger partial charge in [-0.1, -0.05) is 29.8 Å². The lowest BCUT2D eigenvalue weighted by Gasteiger charge is -2.12. The number of fused-ring (bicyclic) bond motifs is 1. The standard InChI is InChI=1S/C26H23ClN6O2/c1-32-15-19(6-8-24(32)35)18-5-7-23-22(12-18)26(28-13-17-3-2-4-21(27)11-17)31-25(30-23)20-14-29-33(16-20)9-10-34/h2-8,11-12,14-16,34H,9-10,13H2,1H3,(H,28,30,31). The normalized spacial score (nSPS) is 11.2. The molecule has 8 nitrogen and oxygen atoms in total. The molecular weight excluding hydrogens is 464 g/mol. The van der Waals surface area contributed by atoms with Crippen molar-refractivity contribution in [3.05, 3.63) is 94.1 Å². The molecule has 0 saturated carbocycles. The second kappa shape index (κ2) is 9.69. The summed E-state index contributed by atoms with van der Waals surface area (Å²) in [6.45, 7) is 0.927. The highest BCUT2D eigenvalue weighted by Gasteiger charge is 2.13. The zero-order chi connectivity index (χ0) is 24.4. The number of nitrogens with one attached hydrogen (secondary N) is 1. The molecule has 176 valence electrons. The summed E-state index contributed by atoms with van der Waals surface area (Å²) in [5.74, 6) is 1.21. The van der Waals surface area contributed by atoms with E-state index in [2.05, 4.69) is 10.4 Å². The fraction of sp³-hybridized carbons (Fsp3) is 0.154. The Kier molecular flexibility index (Phi) is 6.31. The van der Waals surface area contributed by atoms with Crippen LogP contribution in [0.4, 0.5) is 5.82 Å². The summed E-state index contributed by atoms with van der Waals surface area (Å²) < 4.78 is 3.21. The van der Waals surface area contributed by atoms with Gasteiger partial charge in [-0.05, 0) is 47.0 Å². The Bertz CT molecular complexity index is 1580. The molecule has 0 spiro atoms. The summed E-state index contributed by atoms with van der Waals surface area (Å²) in [6, 6.07) is 17.0. The third kappa shape index (κ3) is 4.94. The average molecular weight is 487 g/mol. The molecule has 0 aliphatic heterocycles. The summed E-state index contributed by atoms with van der Waals surface area (Å²) >= 11 is 6.16. The lowest BCUT2D eigenvalue weighted by molar-refractivity contribution is 0.269. The first-order valence-corrected chi connectivity index (χ1v) is 11.5. The van der Waals surface area contributed by atoms with E-state index >= 15 is 0 Å². The SMILES string of the molecule is Cn1cc(-c2ccc3nc(-c4cnn(CCO)c4)nc(NCc4cccc(Cl)c4)c3c2)ccc1=O. The quantitative estimate of drug-likeness (QED) is 0.359. The smallest absolute Gasteiger partial charge is 0.250 e. The molecule has 2 N–H and O–H groups in total. The first kappa shape index (κ1) is 22.8. The molecule has 0 amide bonds. The zero-order valence-electron chi connectivity index (χ0n) is 19.0. The van der Waals surface area contributed by atoms with Gasteiger partial charge in [-0.15, -0.1) is 0 Å². The van der Waals surface area contributed by atoms with Crippen LogP contribution in [-0.4, -0.2) is 36.0 Å². The van der Waals surface area contributed by atoms with E-state index in [0.29, 0.717) is 29.8 Å². The van der Waals surface area contributed by atoms with E-state index in [1.54, 1.807) is 28.6 Å². The minimum Gasteiger partial charge on any atom is -0.394 e. The molecule has 0 radical (unpaired) electrons. The second-order valence-corrected chi connectivity index (χ2v) is 8.63. The lowest BCUT2D eigenvalue weighted by atomic mass is 10.0. The van der Waals surface area contributed by atoms with Crippen LogP contribution in [0.25, 0.3) is 33.4 Å². The van der Waals surface area contributed by atoms with Crippen LogP contribution in [0.1, 0.15) is 5.56 Å². The van der Waals surface area contributed by atoms with Gasteiger partial charge in [0.2, 0.25) is 5.56 Å². The maximum atomic E-state index is 11.8. The molecule has 5 rings (SSSR count). The van der Waals surface area contributed by atoms with E-state index in [4.69, 9.17) is 21.6 Å². The number of benzene rings is 2. The molecule has 9 heteroatoms. The van der Waals surface area contributed by atoms with Gasteiger partial charge in [-0.3, -0.25) is 9.48 Å². The number of aromatic nitrogens is 5. The number of hydrogen-bond donors (Lipinski definition) is 2. The van der Waals surface area contributed by atoms with Crippen molar-refractivity contribution in [2.24, 2.45) is 7.05 Å². The van der Waals surface area contributed by atoms with Gasteiger partial charge in [0.15, 0.2) is 5.82 Å². The van der Waals surface area contributed by atoms with Gasteiger partial charge >= 0.3 is 0 Å². The number of aliphatic hydroxyl groups is 1. The number of hydrogen-bond acceptors (Lipinski definition) is 6. The van der Waals surface area contributed by atoms with E-state index in [1.807, 2.05) is 60.9 Å². The number of halogens is 1. The highest BCUT2D eigenvalue weighted by Crippen LogP contribution is 2.30. The maximum absolute atomic E-state index is 11.8. The first-order chi connectivity index (χ1) is 17.0. The Morgan fingerprint density at radius 1 is 1.00 bits per heavy atom. The van der Waals surface area contributed by atoms with Gasteiger partial charge in [0.25, 0.3) is 0 Å². The minimum atomic E-state index is -0.0619.